The minimum absolute atomic E-state index is 0.0517. The minimum Gasteiger partial charge on any atom is -0.326 e. The highest BCUT2D eigenvalue weighted by molar-refractivity contribution is 9.10. The van der Waals surface area contributed by atoms with Crippen LogP contribution in [-0.2, 0) is 9.59 Å². The van der Waals surface area contributed by atoms with E-state index in [0.717, 1.165) is 15.6 Å². The molecule has 0 saturated carbocycles. The summed E-state index contributed by atoms with van der Waals surface area (Å²) in [6.45, 7) is 1.85. The Morgan fingerprint density at radius 2 is 1.80 bits per heavy atom. The molecule has 2 rings (SSSR count). The van der Waals surface area contributed by atoms with E-state index in [4.69, 9.17) is 11.6 Å². The summed E-state index contributed by atoms with van der Waals surface area (Å²) in [6, 6.07) is 12.7. The van der Waals surface area contributed by atoms with Crippen molar-refractivity contribution >= 4 is 51.2 Å². The molecular formula is C18H17BrClN3O2. The number of anilines is 1. The molecule has 2 aromatic carbocycles. The van der Waals surface area contributed by atoms with Crippen LogP contribution in [0.5, 0.6) is 0 Å². The van der Waals surface area contributed by atoms with E-state index in [0.29, 0.717) is 10.7 Å². The lowest BCUT2D eigenvalue weighted by molar-refractivity contribution is -0.124. The van der Waals surface area contributed by atoms with Crippen LogP contribution in [-0.4, -0.2) is 18.0 Å². The van der Waals surface area contributed by atoms with Crippen LogP contribution >= 0.6 is 27.5 Å². The summed E-state index contributed by atoms with van der Waals surface area (Å²) in [6.07, 6.45) is 1.67. The van der Waals surface area contributed by atoms with Crippen molar-refractivity contribution in [1.82, 2.24) is 5.43 Å². The molecule has 25 heavy (non-hydrogen) atoms. The van der Waals surface area contributed by atoms with Gasteiger partial charge in [0.15, 0.2) is 0 Å². The van der Waals surface area contributed by atoms with Crippen LogP contribution in [0.1, 0.15) is 24.0 Å². The van der Waals surface area contributed by atoms with Gasteiger partial charge in [0.05, 0.1) is 6.21 Å². The number of carbonyl (C=O) groups is 2. The third kappa shape index (κ3) is 6.68. The van der Waals surface area contributed by atoms with E-state index in [9.17, 15) is 9.59 Å². The van der Waals surface area contributed by atoms with Crippen molar-refractivity contribution < 1.29 is 9.59 Å². The molecule has 0 aliphatic heterocycles. The third-order valence-corrected chi connectivity index (χ3v) is 4.08. The number of nitrogens with zero attached hydrogens (tertiary/aromatic N) is 1. The Morgan fingerprint density at radius 1 is 1.12 bits per heavy atom. The van der Waals surface area contributed by atoms with E-state index in [1.807, 2.05) is 31.2 Å². The van der Waals surface area contributed by atoms with Gasteiger partial charge in [0.25, 0.3) is 0 Å². The maximum absolute atomic E-state index is 11.9. The SMILES string of the molecule is Cc1cc(Cl)ccc1NC(=O)CCC(=O)N/N=C/c1ccc(Br)cc1. The molecule has 0 heterocycles. The Balaban J connectivity index is 1.75. The van der Waals surface area contributed by atoms with Gasteiger partial charge in [-0.2, -0.15) is 5.10 Å². The molecule has 0 spiro atoms. The van der Waals surface area contributed by atoms with Crippen LogP contribution < -0.4 is 10.7 Å². The van der Waals surface area contributed by atoms with Crippen molar-refractivity contribution in [3.63, 3.8) is 0 Å². The number of rotatable bonds is 6. The van der Waals surface area contributed by atoms with E-state index < -0.39 is 0 Å². The molecule has 2 N–H and O–H groups in total. The van der Waals surface area contributed by atoms with Crippen LogP contribution in [0.4, 0.5) is 5.69 Å². The number of carbonyl (C=O) groups excluding carboxylic acids is 2. The van der Waals surface area contributed by atoms with E-state index in [1.54, 1.807) is 24.4 Å². The topological polar surface area (TPSA) is 70.6 Å². The first-order valence-corrected chi connectivity index (χ1v) is 8.74. The predicted octanol–water partition coefficient (Wildman–Crippen LogP) is 4.28. The number of aryl methyl sites for hydroxylation is 1. The highest BCUT2D eigenvalue weighted by atomic mass is 79.9. The molecule has 0 aromatic heterocycles. The second kappa shape index (κ2) is 9.34. The Kier molecular flexibility index (Phi) is 7.16. The van der Waals surface area contributed by atoms with E-state index in [2.05, 4.69) is 31.8 Å². The highest BCUT2D eigenvalue weighted by Gasteiger charge is 2.08. The standard InChI is InChI=1S/C18H17BrClN3O2/c1-12-10-15(20)6-7-16(12)22-17(24)8-9-18(25)23-21-11-13-2-4-14(19)5-3-13/h2-7,10-11H,8-9H2,1H3,(H,22,24)(H,23,25)/b21-11+. The van der Waals surface area contributed by atoms with Crippen LogP contribution in [0.3, 0.4) is 0 Å². The summed E-state index contributed by atoms with van der Waals surface area (Å²) in [4.78, 5) is 23.6. The lowest BCUT2D eigenvalue weighted by atomic mass is 10.2. The van der Waals surface area contributed by atoms with Gasteiger partial charge in [-0.3, -0.25) is 9.59 Å². The van der Waals surface area contributed by atoms with Crippen LogP contribution in [0.25, 0.3) is 0 Å². The molecule has 0 unspecified atom stereocenters. The number of nitrogens with one attached hydrogen (secondary N) is 2. The monoisotopic (exact) mass is 421 g/mol. The number of halogens is 2. The first kappa shape index (κ1) is 19.1. The molecule has 0 fully saturated rings. The lowest BCUT2D eigenvalue weighted by Crippen LogP contribution is -2.20. The van der Waals surface area contributed by atoms with Crippen molar-refractivity contribution in [2.75, 3.05) is 5.32 Å². The molecule has 2 amide bonds. The quantitative estimate of drug-likeness (QED) is 0.539. The second-order valence-corrected chi connectivity index (χ2v) is 6.70. The summed E-state index contributed by atoms with van der Waals surface area (Å²) < 4.78 is 0.968. The Labute approximate surface area is 159 Å². The summed E-state index contributed by atoms with van der Waals surface area (Å²) in [7, 11) is 0. The summed E-state index contributed by atoms with van der Waals surface area (Å²) in [5, 5.41) is 7.24. The fourth-order valence-corrected chi connectivity index (χ4v) is 2.48. The van der Waals surface area contributed by atoms with Crippen molar-refractivity contribution in [3.8, 4) is 0 Å². The zero-order valence-electron chi connectivity index (χ0n) is 13.6. The molecule has 0 atom stereocenters. The van der Waals surface area contributed by atoms with Crippen molar-refractivity contribution in [1.29, 1.82) is 0 Å². The molecule has 0 aliphatic rings. The largest absolute Gasteiger partial charge is 0.326 e. The number of hydrogen-bond acceptors (Lipinski definition) is 3. The van der Waals surface area contributed by atoms with Gasteiger partial charge in [0.1, 0.15) is 0 Å². The fourth-order valence-electron chi connectivity index (χ4n) is 1.99. The molecule has 130 valence electrons. The maximum Gasteiger partial charge on any atom is 0.240 e. The Hall–Kier alpha value is -2.18. The average molecular weight is 423 g/mol. The predicted molar refractivity (Wildman–Crippen MR) is 104 cm³/mol. The van der Waals surface area contributed by atoms with Crippen molar-refractivity contribution in [2.24, 2.45) is 5.10 Å². The Bertz CT molecular complexity index is 791. The van der Waals surface area contributed by atoms with Gasteiger partial charge in [-0.05, 0) is 48.4 Å². The van der Waals surface area contributed by atoms with Crippen LogP contribution in [0.2, 0.25) is 5.02 Å². The highest BCUT2D eigenvalue weighted by Crippen LogP contribution is 2.19. The van der Waals surface area contributed by atoms with Crippen molar-refractivity contribution in [2.45, 2.75) is 19.8 Å². The van der Waals surface area contributed by atoms with Gasteiger partial charge in [0.2, 0.25) is 11.8 Å². The van der Waals surface area contributed by atoms with Crippen LogP contribution in [0.15, 0.2) is 52.0 Å². The Morgan fingerprint density at radius 3 is 2.48 bits per heavy atom. The smallest absolute Gasteiger partial charge is 0.240 e. The first-order chi connectivity index (χ1) is 11.9. The summed E-state index contributed by atoms with van der Waals surface area (Å²) in [5.41, 5.74) is 4.81. The van der Waals surface area contributed by atoms with Gasteiger partial charge in [-0.15, -0.1) is 0 Å². The number of amides is 2. The lowest BCUT2D eigenvalue weighted by Gasteiger charge is -2.08. The molecule has 2 aromatic rings. The van der Waals surface area contributed by atoms with E-state index in [-0.39, 0.29) is 24.7 Å². The first-order valence-electron chi connectivity index (χ1n) is 7.57. The minimum atomic E-state index is -0.323. The molecular weight excluding hydrogens is 406 g/mol. The van der Waals surface area contributed by atoms with Crippen molar-refractivity contribution in [3.05, 3.63) is 63.1 Å². The summed E-state index contributed by atoms with van der Waals surface area (Å²) in [5.74, 6) is -0.561. The van der Waals surface area contributed by atoms with E-state index >= 15 is 0 Å². The summed E-state index contributed by atoms with van der Waals surface area (Å²) >= 11 is 9.22. The third-order valence-electron chi connectivity index (χ3n) is 3.31. The van der Waals surface area contributed by atoms with Gasteiger partial charge in [-0.25, -0.2) is 5.43 Å². The van der Waals surface area contributed by atoms with Gasteiger partial charge < -0.3 is 5.32 Å². The van der Waals surface area contributed by atoms with Crippen LogP contribution in [0, 0.1) is 6.92 Å². The number of hydrogen-bond donors (Lipinski definition) is 2. The van der Waals surface area contributed by atoms with Gasteiger partial charge in [-0.1, -0.05) is 39.7 Å². The van der Waals surface area contributed by atoms with E-state index in [1.165, 1.54) is 0 Å². The maximum atomic E-state index is 11.9. The molecule has 0 bridgehead atoms. The second-order valence-electron chi connectivity index (χ2n) is 5.35. The fraction of sp³-hybridized carbons (Fsp3) is 0.167. The molecule has 7 heteroatoms. The molecule has 0 saturated heterocycles. The number of benzene rings is 2. The molecule has 0 radical (unpaired) electrons. The zero-order valence-corrected chi connectivity index (χ0v) is 15.9. The van der Waals surface area contributed by atoms with Gasteiger partial charge >= 0.3 is 0 Å². The number of hydrazone groups is 1. The van der Waals surface area contributed by atoms with Gasteiger partial charge in [0, 0.05) is 28.0 Å². The molecule has 5 nitrogen and oxygen atoms in total. The normalized spacial score (nSPS) is 10.7. The average Bonchev–Trinajstić information content (AvgIpc) is 2.57. The zero-order chi connectivity index (χ0) is 18.2. The molecule has 0 aliphatic carbocycles.